The predicted molar refractivity (Wildman–Crippen MR) is 80.6 cm³/mol. The van der Waals surface area contributed by atoms with Gasteiger partial charge in [0.25, 0.3) is 0 Å². The van der Waals surface area contributed by atoms with E-state index in [1.807, 2.05) is 11.6 Å². The molecular weight excluding hydrogens is 250 g/mol. The van der Waals surface area contributed by atoms with E-state index in [0.29, 0.717) is 12.5 Å². The van der Waals surface area contributed by atoms with Crippen LogP contribution in [-0.4, -0.2) is 15.5 Å². The summed E-state index contributed by atoms with van der Waals surface area (Å²) >= 11 is 0. The highest BCUT2D eigenvalue weighted by atomic mass is 15.1. The van der Waals surface area contributed by atoms with Crippen molar-refractivity contribution in [1.29, 1.82) is 0 Å². The summed E-state index contributed by atoms with van der Waals surface area (Å²) in [4.78, 5) is 8.39. The molecule has 2 aromatic rings. The largest absolute Gasteiger partial charge is 0.370 e. The van der Waals surface area contributed by atoms with Crippen molar-refractivity contribution in [2.75, 3.05) is 5.32 Å². The molecule has 0 atom stereocenters. The maximum Gasteiger partial charge on any atom is 0.193 e. The standard InChI is InChI=1S/C15H19N5/c1-20-10-17-8-14(20)9-18-15(16)19-13-6-5-11-3-2-4-12(11)7-13/h5-8,10H,2-4,9H2,1H3,(H3,16,18,19). The van der Waals surface area contributed by atoms with E-state index in [0.717, 1.165) is 17.8 Å². The molecule has 0 spiro atoms. The van der Waals surface area contributed by atoms with Gasteiger partial charge in [-0.3, -0.25) is 0 Å². The van der Waals surface area contributed by atoms with Crippen molar-refractivity contribution in [2.24, 2.45) is 17.8 Å². The van der Waals surface area contributed by atoms with Gasteiger partial charge in [-0.2, -0.15) is 0 Å². The smallest absolute Gasteiger partial charge is 0.193 e. The lowest BCUT2D eigenvalue weighted by molar-refractivity contribution is 0.820. The second-order valence-corrected chi connectivity index (χ2v) is 5.16. The number of guanidine groups is 1. The zero-order chi connectivity index (χ0) is 13.9. The topological polar surface area (TPSA) is 68.2 Å². The molecule has 0 bridgehead atoms. The van der Waals surface area contributed by atoms with Crippen LogP contribution in [-0.2, 0) is 26.4 Å². The van der Waals surface area contributed by atoms with Gasteiger partial charge in [-0.15, -0.1) is 0 Å². The van der Waals surface area contributed by atoms with E-state index < -0.39 is 0 Å². The molecule has 0 aliphatic heterocycles. The Balaban J connectivity index is 1.66. The molecule has 0 unspecified atom stereocenters. The molecule has 0 saturated carbocycles. The van der Waals surface area contributed by atoms with Gasteiger partial charge in [0.2, 0.25) is 0 Å². The van der Waals surface area contributed by atoms with Gasteiger partial charge in [0, 0.05) is 12.7 Å². The average molecular weight is 269 g/mol. The minimum absolute atomic E-state index is 0.434. The fraction of sp³-hybridized carbons (Fsp3) is 0.333. The molecule has 5 nitrogen and oxygen atoms in total. The fourth-order valence-corrected chi connectivity index (χ4v) is 2.54. The third-order valence-electron chi connectivity index (χ3n) is 3.70. The lowest BCUT2D eigenvalue weighted by atomic mass is 10.1. The number of rotatable bonds is 3. The molecule has 0 fully saturated rings. The third-order valence-corrected chi connectivity index (χ3v) is 3.70. The number of hydrogen-bond acceptors (Lipinski definition) is 2. The van der Waals surface area contributed by atoms with Crippen LogP contribution in [0.1, 0.15) is 23.2 Å². The molecule has 5 heteroatoms. The summed E-state index contributed by atoms with van der Waals surface area (Å²) in [6.45, 7) is 0.528. The highest BCUT2D eigenvalue weighted by molar-refractivity contribution is 5.92. The summed E-state index contributed by atoms with van der Waals surface area (Å²) in [6.07, 6.45) is 7.17. The Morgan fingerprint density at radius 2 is 2.25 bits per heavy atom. The predicted octanol–water partition coefficient (Wildman–Crippen LogP) is 1.84. The van der Waals surface area contributed by atoms with Crippen LogP contribution in [0.3, 0.4) is 0 Å². The van der Waals surface area contributed by atoms with Gasteiger partial charge in [-0.1, -0.05) is 6.07 Å². The van der Waals surface area contributed by atoms with E-state index in [9.17, 15) is 0 Å². The Hall–Kier alpha value is -2.30. The molecule has 0 saturated heterocycles. The molecule has 0 amide bonds. The van der Waals surface area contributed by atoms with E-state index in [4.69, 9.17) is 5.73 Å². The fourth-order valence-electron chi connectivity index (χ4n) is 2.54. The number of nitrogens with two attached hydrogens (primary N) is 1. The van der Waals surface area contributed by atoms with Crippen molar-refractivity contribution in [3.8, 4) is 0 Å². The van der Waals surface area contributed by atoms with Crippen LogP contribution < -0.4 is 11.1 Å². The zero-order valence-corrected chi connectivity index (χ0v) is 11.6. The molecule has 1 aliphatic carbocycles. The second kappa shape index (κ2) is 5.36. The molecule has 1 aliphatic rings. The highest BCUT2D eigenvalue weighted by Gasteiger charge is 2.10. The summed E-state index contributed by atoms with van der Waals surface area (Å²) in [5, 5.41) is 3.15. The van der Waals surface area contributed by atoms with E-state index in [1.165, 1.54) is 24.0 Å². The van der Waals surface area contributed by atoms with Crippen molar-refractivity contribution in [3.05, 3.63) is 47.5 Å². The van der Waals surface area contributed by atoms with Crippen LogP contribution in [0, 0.1) is 0 Å². The maximum atomic E-state index is 5.93. The number of anilines is 1. The van der Waals surface area contributed by atoms with Crippen LogP contribution >= 0.6 is 0 Å². The van der Waals surface area contributed by atoms with E-state index in [2.05, 4.69) is 33.5 Å². The van der Waals surface area contributed by atoms with E-state index >= 15 is 0 Å². The SMILES string of the molecule is Cn1cncc1CN=C(N)Nc1ccc2c(c1)CCC2. The molecule has 1 heterocycles. The number of hydrogen-bond donors (Lipinski definition) is 2. The highest BCUT2D eigenvalue weighted by Crippen LogP contribution is 2.24. The summed E-state index contributed by atoms with van der Waals surface area (Å²) < 4.78 is 1.94. The van der Waals surface area contributed by atoms with Gasteiger partial charge >= 0.3 is 0 Å². The van der Waals surface area contributed by atoms with Crippen LogP contribution in [0.15, 0.2) is 35.7 Å². The lowest BCUT2D eigenvalue weighted by Crippen LogP contribution is -2.22. The Morgan fingerprint density at radius 3 is 3.05 bits per heavy atom. The number of nitrogens with one attached hydrogen (secondary N) is 1. The Kier molecular flexibility index (Phi) is 3.41. The number of fused-ring (bicyclic) bond motifs is 1. The lowest BCUT2D eigenvalue weighted by Gasteiger charge is -2.08. The van der Waals surface area contributed by atoms with Crippen LogP contribution in [0.5, 0.6) is 0 Å². The molecular formula is C15H19N5. The van der Waals surface area contributed by atoms with Gasteiger partial charge in [-0.25, -0.2) is 9.98 Å². The molecule has 1 aromatic carbocycles. The summed E-state index contributed by atoms with van der Waals surface area (Å²) in [6, 6.07) is 6.42. The maximum absolute atomic E-state index is 5.93. The molecule has 3 rings (SSSR count). The first-order chi connectivity index (χ1) is 9.72. The monoisotopic (exact) mass is 269 g/mol. The second-order valence-electron chi connectivity index (χ2n) is 5.16. The van der Waals surface area contributed by atoms with Crippen molar-refractivity contribution < 1.29 is 0 Å². The van der Waals surface area contributed by atoms with Gasteiger partial charge < -0.3 is 15.6 Å². The molecule has 104 valence electrons. The van der Waals surface area contributed by atoms with Gasteiger partial charge in [0.15, 0.2) is 5.96 Å². The van der Waals surface area contributed by atoms with Crippen molar-refractivity contribution in [3.63, 3.8) is 0 Å². The first-order valence-corrected chi connectivity index (χ1v) is 6.86. The van der Waals surface area contributed by atoms with Crippen molar-refractivity contribution >= 4 is 11.6 Å². The summed E-state index contributed by atoms with van der Waals surface area (Å²) in [5.74, 6) is 0.434. The minimum Gasteiger partial charge on any atom is -0.370 e. The molecule has 0 radical (unpaired) electrons. The number of aliphatic imine (C=N–C) groups is 1. The summed E-state index contributed by atoms with van der Waals surface area (Å²) in [5.41, 5.74) is 10.9. The van der Waals surface area contributed by atoms with Crippen LogP contribution in [0.25, 0.3) is 0 Å². The Bertz CT molecular complexity index is 641. The van der Waals surface area contributed by atoms with Gasteiger partial charge in [0.05, 0.1) is 24.8 Å². The zero-order valence-electron chi connectivity index (χ0n) is 11.6. The number of aryl methyl sites for hydroxylation is 3. The van der Waals surface area contributed by atoms with Crippen molar-refractivity contribution in [2.45, 2.75) is 25.8 Å². The first kappa shape index (κ1) is 12.7. The average Bonchev–Trinajstić information content (AvgIpc) is 3.04. The quantitative estimate of drug-likeness (QED) is 0.660. The van der Waals surface area contributed by atoms with Gasteiger partial charge in [-0.05, 0) is 42.5 Å². The van der Waals surface area contributed by atoms with Gasteiger partial charge in [0.1, 0.15) is 0 Å². The molecule has 1 aromatic heterocycles. The number of nitrogens with zero attached hydrogens (tertiary/aromatic N) is 3. The minimum atomic E-state index is 0.434. The van der Waals surface area contributed by atoms with E-state index in [-0.39, 0.29) is 0 Å². The summed E-state index contributed by atoms with van der Waals surface area (Å²) in [7, 11) is 1.95. The number of benzene rings is 1. The van der Waals surface area contributed by atoms with Crippen LogP contribution in [0.4, 0.5) is 5.69 Å². The number of aromatic nitrogens is 2. The first-order valence-electron chi connectivity index (χ1n) is 6.86. The Morgan fingerprint density at radius 1 is 1.40 bits per heavy atom. The normalized spacial score (nSPS) is 14.3. The number of imidazole rings is 1. The van der Waals surface area contributed by atoms with Crippen molar-refractivity contribution in [1.82, 2.24) is 9.55 Å². The van der Waals surface area contributed by atoms with Crippen LogP contribution in [0.2, 0.25) is 0 Å². The third kappa shape index (κ3) is 2.66. The molecule has 3 N–H and O–H groups in total. The molecule has 20 heavy (non-hydrogen) atoms. The van der Waals surface area contributed by atoms with E-state index in [1.54, 1.807) is 12.5 Å². The Labute approximate surface area is 118 Å².